The Balaban J connectivity index is 1.86. The second-order valence-corrected chi connectivity index (χ2v) is 4.23. The van der Waals surface area contributed by atoms with Gasteiger partial charge in [0.2, 0.25) is 6.39 Å². The molecule has 2 N–H and O–H groups in total. The van der Waals surface area contributed by atoms with Crippen molar-refractivity contribution in [1.29, 1.82) is 0 Å². The van der Waals surface area contributed by atoms with Gasteiger partial charge in [-0.2, -0.15) is 4.98 Å². The maximum Gasteiger partial charge on any atom is 0.253 e. The van der Waals surface area contributed by atoms with Gasteiger partial charge in [0.15, 0.2) is 5.82 Å². The van der Waals surface area contributed by atoms with E-state index in [1.807, 2.05) is 24.4 Å². The summed E-state index contributed by atoms with van der Waals surface area (Å²) in [5.74, 6) is 0.275. The van der Waals surface area contributed by atoms with Gasteiger partial charge in [-0.3, -0.25) is 4.79 Å². The molecular formula is C13H12N4O2. The molecule has 1 amide bonds. The zero-order valence-corrected chi connectivity index (χ0v) is 10.3. The Morgan fingerprint density at radius 2 is 2.32 bits per heavy atom. The van der Waals surface area contributed by atoms with Crippen LogP contribution in [-0.2, 0) is 0 Å². The Hall–Kier alpha value is -2.63. The second kappa shape index (κ2) is 4.56. The van der Waals surface area contributed by atoms with E-state index in [0.717, 1.165) is 10.9 Å². The van der Waals surface area contributed by atoms with Crippen LogP contribution in [-0.4, -0.2) is 21.0 Å². The number of H-pyrrole nitrogens is 1. The maximum atomic E-state index is 12.2. The quantitative estimate of drug-likeness (QED) is 0.751. The van der Waals surface area contributed by atoms with Crippen LogP contribution in [0.2, 0.25) is 0 Å². The predicted molar refractivity (Wildman–Crippen MR) is 68.5 cm³/mol. The van der Waals surface area contributed by atoms with Crippen molar-refractivity contribution in [3.63, 3.8) is 0 Å². The fourth-order valence-corrected chi connectivity index (χ4v) is 1.98. The molecule has 2 aromatic heterocycles. The van der Waals surface area contributed by atoms with Gasteiger partial charge in [0.05, 0.1) is 17.1 Å². The Bertz CT molecular complexity index is 702. The molecule has 0 spiro atoms. The molecule has 0 unspecified atom stereocenters. The number of carbonyl (C=O) groups is 1. The van der Waals surface area contributed by atoms with E-state index in [2.05, 4.69) is 25.0 Å². The highest BCUT2D eigenvalue weighted by molar-refractivity contribution is 6.05. The van der Waals surface area contributed by atoms with Crippen LogP contribution >= 0.6 is 0 Å². The molecule has 19 heavy (non-hydrogen) atoms. The van der Waals surface area contributed by atoms with Gasteiger partial charge < -0.3 is 14.8 Å². The summed E-state index contributed by atoms with van der Waals surface area (Å²) in [6, 6.07) is 7.19. The molecule has 0 fully saturated rings. The van der Waals surface area contributed by atoms with Gasteiger partial charge in [-0.1, -0.05) is 17.3 Å². The summed E-state index contributed by atoms with van der Waals surface area (Å²) in [7, 11) is 0. The van der Waals surface area contributed by atoms with Gasteiger partial charge in [0.25, 0.3) is 5.91 Å². The third kappa shape index (κ3) is 2.08. The highest BCUT2D eigenvalue weighted by Gasteiger charge is 2.16. The van der Waals surface area contributed by atoms with Crippen molar-refractivity contribution in [2.24, 2.45) is 0 Å². The number of hydrogen-bond donors (Lipinski definition) is 2. The first-order chi connectivity index (χ1) is 9.25. The van der Waals surface area contributed by atoms with Crippen LogP contribution in [0.15, 0.2) is 41.4 Å². The number of para-hydroxylation sites is 1. The molecule has 1 atom stereocenters. The highest BCUT2D eigenvalue weighted by Crippen LogP contribution is 2.17. The molecule has 3 aromatic rings. The average molecular weight is 256 g/mol. The van der Waals surface area contributed by atoms with E-state index in [-0.39, 0.29) is 11.9 Å². The molecule has 0 radical (unpaired) electrons. The zero-order chi connectivity index (χ0) is 13.2. The van der Waals surface area contributed by atoms with Crippen LogP contribution in [0.3, 0.4) is 0 Å². The molecule has 0 aliphatic heterocycles. The van der Waals surface area contributed by atoms with Crippen molar-refractivity contribution in [3.8, 4) is 0 Å². The Kier molecular flexibility index (Phi) is 2.75. The SMILES string of the molecule is C[C@H](NC(=O)c1cccc2cc[nH]c12)c1ncon1. The molecule has 6 heteroatoms. The minimum Gasteiger partial charge on any atom is -0.361 e. The summed E-state index contributed by atoms with van der Waals surface area (Å²) in [5.41, 5.74) is 1.41. The minimum absolute atomic E-state index is 0.176. The van der Waals surface area contributed by atoms with Crippen molar-refractivity contribution in [2.45, 2.75) is 13.0 Å². The summed E-state index contributed by atoms with van der Waals surface area (Å²) in [6.07, 6.45) is 3.05. The van der Waals surface area contributed by atoms with E-state index in [4.69, 9.17) is 0 Å². The van der Waals surface area contributed by atoms with Crippen LogP contribution in [0.4, 0.5) is 0 Å². The third-order valence-corrected chi connectivity index (χ3v) is 2.95. The van der Waals surface area contributed by atoms with Crippen LogP contribution < -0.4 is 5.32 Å². The number of rotatable bonds is 3. The molecule has 0 saturated heterocycles. The summed E-state index contributed by atoms with van der Waals surface area (Å²) in [4.78, 5) is 19.2. The van der Waals surface area contributed by atoms with Gasteiger partial charge in [-0.05, 0) is 19.1 Å². The van der Waals surface area contributed by atoms with Gasteiger partial charge in [-0.15, -0.1) is 0 Å². The topological polar surface area (TPSA) is 83.8 Å². The van der Waals surface area contributed by atoms with E-state index >= 15 is 0 Å². The molecule has 3 rings (SSSR count). The number of benzene rings is 1. The van der Waals surface area contributed by atoms with Crippen molar-refractivity contribution < 1.29 is 9.32 Å². The molecule has 0 bridgehead atoms. The standard InChI is InChI=1S/C13H12N4O2/c1-8(12-15-7-19-17-12)16-13(18)10-4-2-3-9-5-6-14-11(9)10/h2-8,14H,1H3,(H,16,18)/t8-/m0/s1. The van der Waals surface area contributed by atoms with Crippen LogP contribution in [0.1, 0.15) is 29.1 Å². The number of nitrogens with zero attached hydrogens (tertiary/aromatic N) is 2. The third-order valence-electron chi connectivity index (χ3n) is 2.95. The lowest BCUT2D eigenvalue weighted by Crippen LogP contribution is -2.27. The smallest absolute Gasteiger partial charge is 0.253 e. The molecule has 96 valence electrons. The Morgan fingerprint density at radius 1 is 1.42 bits per heavy atom. The molecule has 0 saturated carbocycles. The lowest BCUT2D eigenvalue weighted by molar-refractivity contribution is 0.0939. The fraction of sp³-hybridized carbons (Fsp3) is 0.154. The fourth-order valence-electron chi connectivity index (χ4n) is 1.98. The van der Waals surface area contributed by atoms with Crippen LogP contribution in [0.5, 0.6) is 0 Å². The molecule has 1 aromatic carbocycles. The Labute approximate surface area is 108 Å². The Morgan fingerprint density at radius 3 is 3.11 bits per heavy atom. The number of aromatic nitrogens is 3. The van der Waals surface area contributed by atoms with Crippen LogP contribution in [0.25, 0.3) is 10.9 Å². The first-order valence-electron chi connectivity index (χ1n) is 5.89. The average Bonchev–Trinajstić information content (AvgIpc) is 3.08. The van der Waals surface area contributed by atoms with Crippen molar-refractivity contribution in [2.75, 3.05) is 0 Å². The molecule has 6 nitrogen and oxygen atoms in total. The molecule has 2 heterocycles. The number of fused-ring (bicyclic) bond motifs is 1. The van der Waals surface area contributed by atoms with E-state index in [1.54, 1.807) is 13.0 Å². The first-order valence-corrected chi connectivity index (χ1v) is 5.89. The molecule has 0 aliphatic carbocycles. The minimum atomic E-state index is -0.309. The van der Waals surface area contributed by atoms with Gasteiger partial charge in [-0.25, -0.2) is 0 Å². The van der Waals surface area contributed by atoms with Gasteiger partial charge in [0, 0.05) is 11.6 Å². The monoisotopic (exact) mass is 256 g/mol. The van der Waals surface area contributed by atoms with E-state index in [0.29, 0.717) is 11.4 Å². The maximum absolute atomic E-state index is 12.2. The normalized spacial score (nSPS) is 12.5. The van der Waals surface area contributed by atoms with Crippen molar-refractivity contribution >= 4 is 16.8 Å². The number of hydrogen-bond acceptors (Lipinski definition) is 4. The van der Waals surface area contributed by atoms with Gasteiger partial charge in [0.1, 0.15) is 0 Å². The van der Waals surface area contributed by atoms with Crippen molar-refractivity contribution in [3.05, 3.63) is 48.2 Å². The second-order valence-electron chi connectivity index (χ2n) is 4.23. The summed E-state index contributed by atoms with van der Waals surface area (Å²) in [5, 5.41) is 7.54. The number of aromatic amines is 1. The number of nitrogens with one attached hydrogen (secondary N) is 2. The molecule has 0 aliphatic rings. The number of amides is 1. The van der Waals surface area contributed by atoms with Crippen molar-refractivity contribution in [1.82, 2.24) is 20.4 Å². The summed E-state index contributed by atoms with van der Waals surface area (Å²) < 4.78 is 4.66. The van der Waals surface area contributed by atoms with Gasteiger partial charge >= 0.3 is 0 Å². The summed E-state index contributed by atoms with van der Waals surface area (Å²) >= 11 is 0. The van der Waals surface area contributed by atoms with E-state index in [9.17, 15) is 4.79 Å². The van der Waals surface area contributed by atoms with E-state index < -0.39 is 0 Å². The lowest BCUT2D eigenvalue weighted by atomic mass is 10.1. The predicted octanol–water partition coefficient (Wildman–Crippen LogP) is 2.04. The zero-order valence-electron chi connectivity index (χ0n) is 10.3. The first kappa shape index (κ1) is 11.5. The number of carbonyl (C=O) groups excluding carboxylic acids is 1. The molecular weight excluding hydrogens is 244 g/mol. The lowest BCUT2D eigenvalue weighted by Gasteiger charge is -2.10. The van der Waals surface area contributed by atoms with Crippen LogP contribution in [0, 0.1) is 0 Å². The highest BCUT2D eigenvalue weighted by atomic mass is 16.5. The van der Waals surface area contributed by atoms with E-state index in [1.165, 1.54) is 6.39 Å². The summed E-state index contributed by atoms with van der Waals surface area (Å²) in [6.45, 7) is 1.80. The largest absolute Gasteiger partial charge is 0.361 e.